The quantitative estimate of drug-likeness (QED) is 0.581. The van der Waals surface area contributed by atoms with Gasteiger partial charge in [0.25, 0.3) is 5.66 Å². The van der Waals surface area contributed by atoms with Crippen molar-refractivity contribution in [1.29, 1.82) is 0 Å². The Hall–Kier alpha value is -0.960. The standard InChI is InChI=1S/C7H5F12N3/c8-4(9,10)2(5(11,12)13)1(20)21-3(22-2,6(14,15)16)7(17,18)19/h1,21-22H,20H2. The van der Waals surface area contributed by atoms with Crippen molar-refractivity contribution in [2.24, 2.45) is 5.73 Å². The van der Waals surface area contributed by atoms with E-state index in [0.717, 1.165) is 0 Å². The topological polar surface area (TPSA) is 50.1 Å². The van der Waals surface area contributed by atoms with Crippen molar-refractivity contribution in [2.45, 2.75) is 42.1 Å². The third-order valence-electron chi connectivity index (χ3n) is 2.97. The molecule has 4 N–H and O–H groups in total. The van der Waals surface area contributed by atoms with Crippen molar-refractivity contribution < 1.29 is 52.7 Å². The van der Waals surface area contributed by atoms with Gasteiger partial charge < -0.3 is 5.73 Å². The van der Waals surface area contributed by atoms with E-state index < -0.39 is 47.4 Å². The zero-order valence-electron chi connectivity index (χ0n) is 9.69. The van der Waals surface area contributed by atoms with Crippen LogP contribution in [0.25, 0.3) is 0 Å². The van der Waals surface area contributed by atoms with Crippen molar-refractivity contribution in [2.75, 3.05) is 0 Å². The van der Waals surface area contributed by atoms with Crippen LogP contribution in [0.2, 0.25) is 0 Å². The van der Waals surface area contributed by atoms with E-state index in [0.29, 0.717) is 0 Å². The summed E-state index contributed by atoms with van der Waals surface area (Å²) in [5.41, 5.74) is -6.98. The molecule has 3 nitrogen and oxygen atoms in total. The molecule has 1 fully saturated rings. The summed E-state index contributed by atoms with van der Waals surface area (Å²) in [5, 5.41) is -0.281. The Kier molecular flexibility index (Phi) is 3.93. The number of halogens is 12. The van der Waals surface area contributed by atoms with E-state index in [1.54, 1.807) is 0 Å². The van der Waals surface area contributed by atoms with Crippen molar-refractivity contribution in [3.05, 3.63) is 0 Å². The lowest BCUT2D eigenvalue weighted by Crippen LogP contribution is -2.76. The minimum absolute atomic E-state index is 0.128. The number of rotatable bonds is 0. The minimum Gasteiger partial charge on any atom is -0.314 e. The minimum atomic E-state index is -6.60. The summed E-state index contributed by atoms with van der Waals surface area (Å²) in [6, 6.07) is 0. The molecule has 1 unspecified atom stereocenters. The zero-order valence-corrected chi connectivity index (χ0v) is 9.69. The molecule has 1 saturated heterocycles. The molecule has 0 aromatic rings. The summed E-state index contributed by atoms with van der Waals surface area (Å²) in [7, 11) is 0. The van der Waals surface area contributed by atoms with Crippen LogP contribution in [0.15, 0.2) is 0 Å². The predicted octanol–water partition coefficient (Wildman–Crippen LogP) is 2.15. The van der Waals surface area contributed by atoms with Gasteiger partial charge in [0, 0.05) is 0 Å². The Morgan fingerprint density at radius 3 is 1.09 bits per heavy atom. The largest absolute Gasteiger partial charge is 0.429 e. The third-order valence-corrected chi connectivity index (χ3v) is 2.97. The van der Waals surface area contributed by atoms with Gasteiger partial charge in [-0.15, -0.1) is 0 Å². The third kappa shape index (κ3) is 2.29. The van der Waals surface area contributed by atoms with Crippen LogP contribution in [-0.2, 0) is 0 Å². The molecule has 1 aliphatic rings. The molecule has 0 aromatic heterocycles. The maximum Gasteiger partial charge on any atom is 0.429 e. The monoisotopic (exact) mass is 359 g/mol. The Balaban J connectivity index is 3.64. The highest BCUT2D eigenvalue weighted by atomic mass is 19.4. The van der Waals surface area contributed by atoms with E-state index in [-0.39, 0.29) is 5.32 Å². The van der Waals surface area contributed by atoms with Gasteiger partial charge in [-0.2, -0.15) is 52.7 Å². The Morgan fingerprint density at radius 1 is 0.636 bits per heavy atom. The van der Waals surface area contributed by atoms with Gasteiger partial charge >= 0.3 is 24.7 Å². The van der Waals surface area contributed by atoms with Gasteiger partial charge in [0.1, 0.15) is 0 Å². The molecular weight excluding hydrogens is 354 g/mol. The molecule has 0 aromatic carbocycles. The highest BCUT2D eigenvalue weighted by Crippen LogP contribution is 2.53. The summed E-state index contributed by atoms with van der Waals surface area (Å²) < 4.78 is 151. The number of hydrogen-bond acceptors (Lipinski definition) is 3. The summed E-state index contributed by atoms with van der Waals surface area (Å²) in [6.45, 7) is 0. The second kappa shape index (κ2) is 4.53. The van der Waals surface area contributed by atoms with Crippen molar-refractivity contribution in [1.82, 2.24) is 10.6 Å². The Bertz CT molecular complexity index is 400. The number of nitrogens with two attached hydrogens (primary N) is 1. The zero-order chi connectivity index (χ0) is 18.0. The summed E-state index contributed by atoms with van der Waals surface area (Å²) in [6.07, 6.45) is -30.2. The van der Waals surface area contributed by atoms with Gasteiger partial charge in [0.15, 0.2) is 0 Å². The fraction of sp³-hybridized carbons (Fsp3) is 1.00. The second-order valence-corrected chi connectivity index (χ2v) is 4.30. The van der Waals surface area contributed by atoms with Crippen LogP contribution in [0.4, 0.5) is 52.7 Å². The molecule has 1 heterocycles. The normalized spacial score (nSPS) is 26.3. The fourth-order valence-corrected chi connectivity index (χ4v) is 1.87. The Morgan fingerprint density at radius 2 is 0.955 bits per heavy atom. The van der Waals surface area contributed by atoms with E-state index in [2.05, 4.69) is 5.73 Å². The lowest BCUT2D eigenvalue weighted by Gasteiger charge is -2.39. The highest BCUT2D eigenvalue weighted by Gasteiger charge is 2.87. The smallest absolute Gasteiger partial charge is 0.314 e. The lowest BCUT2D eigenvalue weighted by atomic mass is 9.95. The SMILES string of the molecule is NC1NC(C(F)(F)F)(C(F)(F)F)NC1(C(F)(F)F)C(F)(F)F. The average Bonchev–Trinajstić information content (AvgIpc) is 2.49. The molecule has 1 atom stereocenters. The van der Waals surface area contributed by atoms with E-state index in [4.69, 9.17) is 0 Å². The highest BCUT2D eigenvalue weighted by molar-refractivity contribution is 5.21. The van der Waals surface area contributed by atoms with Crippen LogP contribution < -0.4 is 16.4 Å². The van der Waals surface area contributed by atoms with Crippen molar-refractivity contribution >= 4 is 0 Å². The van der Waals surface area contributed by atoms with Crippen LogP contribution in [0.5, 0.6) is 0 Å². The molecule has 22 heavy (non-hydrogen) atoms. The van der Waals surface area contributed by atoms with E-state index >= 15 is 0 Å². The maximum atomic E-state index is 12.6. The molecule has 1 aliphatic heterocycles. The predicted molar refractivity (Wildman–Crippen MR) is 43.9 cm³/mol. The first-order valence-electron chi connectivity index (χ1n) is 4.93. The van der Waals surface area contributed by atoms with Gasteiger partial charge in [-0.3, -0.25) is 10.6 Å². The van der Waals surface area contributed by atoms with Crippen LogP contribution in [-0.4, -0.2) is 42.1 Å². The summed E-state index contributed by atoms with van der Waals surface area (Å²) in [5.74, 6) is 0. The molecule has 132 valence electrons. The maximum absolute atomic E-state index is 12.6. The van der Waals surface area contributed by atoms with E-state index in [1.807, 2.05) is 0 Å². The summed E-state index contributed by atoms with van der Waals surface area (Å²) >= 11 is 0. The average molecular weight is 359 g/mol. The second-order valence-electron chi connectivity index (χ2n) is 4.30. The van der Waals surface area contributed by atoms with Crippen LogP contribution in [0, 0.1) is 0 Å². The van der Waals surface area contributed by atoms with Crippen LogP contribution in [0.1, 0.15) is 0 Å². The first-order chi connectivity index (χ1) is 9.33. The van der Waals surface area contributed by atoms with Gasteiger partial charge in [-0.25, -0.2) is 0 Å². The molecule has 0 radical (unpaired) electrons. The molecule has 1 rings (SSSR count). The van der Waals surface area contributed by atoms with Crippen LogP contribution >= 0.6 is 0 Å². The van der Waals surface area contributed by atoms with Gasteiger partial charge in [-0.1, -0.05) is 0 Å². The van der Waals surface area contributed by atoms with E-state index in [1.165, 1.54) is 0 Å². The molecule has 0 saturated carbocycles. The van der Waals surface area contributed by atoms with Gasteiger partial charge in [0.05, 0.1) is 6.17 Å². The van der Waals surface area contributed by atoms with Crippen LogP contribution in [0.3, 0.4) is 0 Å². The molecule has 0 bridgehead atoms. The van der Waals surface area contributed by atoms with Crippen molar-refractivity contribution in [3.63, 3.8) is 0 Å². The Labute approximate surface area is 112 Å². The van der Waals surface area contributed by atoms with Gasteiger partial charge in [0.2, 0.25) is 5.54 Å². The van der Waals surface area contributed by atoms with Crippen molar-refractivity contribution in [3.8, 4) is 0 Å². The molecule has 15 heteroatoms. The number of hydrogen-bond donors (Lipinski definition) is 3. The molecule has 0 amide bonds. The molecule has 0 aliphatic carbocycles. The first-order valence-corrected chi connectivity index (χ1v) is 4.93. The first kappa shape index (κ1) is 19.1. The summed E-state index contributed by atoms with van der Waals surface area (Å²) in [4.78, 5) is 0. The van der Waals surface area contributed by atoms with Gasteiger partial charge in [-0.05, 0) is 0 Å². The van der Waals surface area contributed by atoms with E-state index in [9.17, 15) is 52.7 Å². The number of alkyl halides is 12. The number of nitrogens with one attached hydrogen (secondary N) is 2. The lowest BCUT2D eigenvalue weighted by molar-refractivity contribution is -0.338. The molecule has 0 spiro atoms. The fourth-order valence-electron chi connectivity index (χ4n) is 1.87. The molecular formula is C7H5F12N3.